The number of hydrogen-bond donors (Lipinski definition) is 2. The summed E-state index contributed by atoms with van der Waals surface area (Å²) >= 11 is 1.84. The number of hydrogen-bond acceptors (Lipinski definition) is 3. The zero-order chi connectivity index (χ0) is 13.9. The Bertz CT molecular complexity index is 484. The van der Waals surface area contributed by atoms with Gasteiger partial charge in [-0.2, -0.15) is 0 Å². The van der Waals surface area contributed by atoms with Gasteiger partial charge < -0.3 is 10.6 Å². The molecule has 0 spiro atoms. The second-order valence-electron chi connectivity index (χ2n) is 5.79. The van der Waals surface area contributed by atoms with Gasteiger partial charge in [0.2, 0.25) is 0 Å². The number of likely N-dealkylation sites (tertiary alicyclic amines) is 1. The van der Waals surface area contributed by atoms with E-state index in [1.54, 1.807) is 0 Å². The molecule has 1 saturated carbocycles. The van der Waals surface area contributed by atoms with E-state index in [9.17, 15) is 0 Å². The highest BCUT2D eigenvalue weighted by Crippen LogP contribution is 2.29. The van der Waals surface area contributed by atoms with Crippen LogP contribution in [0.3, 0.4) is 0 Å². The Balaban J connectivity index is 0.00000161. The molecular weight excluding hydrogens is 395 g/mol. The van der Waals surface area contributed by atoms with Crippen molar-refractivity contribution in [3.63, 3.8) is 0 Å². The van der Waals surface area contributed by atoms with Gasteiger partial charge in [-0.05, 0) is 38.3 Å². The third-order valence-electron chi connectivity index (χ3n) is 4.07. The number of guanidine groups is 1. The monoisotopic (exact) mass is 420 g/mol. The number of nitrogens with one attached hydrogen (secondary N) is 2. The predicted molar refractivity (Wildman–Crippen MR) is 101 cm³/mol. The molecule has 4 nitrogen and oxygen atoms in total. The predicted octanol–water partition coefficient (Wildman–Crippen LogP) is 2.58. The Kier molecular flexibility index (Phi) is 6.31. The fourth-order valence-corrected chi connectivity index (χ4v) is 3.65. The molecule has 0 bridgehead atoms. The fraction of sp³-hybridized carbons (Fsp3) is 0.667. The van der Waals surface area contributed by atoms with E-state index in [1.165, 1.54) is 42.1 Å². The van der Waals surface area contributed by atoms with Crippen molar-refractivity contribution in [1.82, 2.24) is 15.5 Å². The normalized spacial score (nSPS) is 23.0. The maximum Gasteiger partial charge on any atom is 0.191 e. The molecule has 6 heteroatoms. The highest BCUT2D eigenvalue weighted by molar-refractivity contribution is 14.0. The smallest absolute Gasteiger partial charge is 0.191 e. The summed E-state index contributed by atoms with van der Waals surface area (Å²) in [5.74, 6) is 0.929. The Morgan fingerprint density at radius 3 is 2.81 bits per heavy atom. The Morgan fingerprint density at radius 1 is 1.38 bits per heavy atom. The molecule has 0 radical (unpaired) electrons. The van der Waals surface area contributed by atoms with E-state index in [4.69, 9.17) is 0 Å². The zero-order valence-electron chi connectivity index (χ0n) is 12.8. The van der Waals surface area contributed by atoms with Crippen LogP contribution in [0.1, 0.15) is 29.0 Å². The molecule has 1 aromatic heterocycles. The van der Waals surface area contributed by atoms with E-state index >= 15 is 0 Å². The molecule has 0 amide bonds. The van der Waals surface area contributed by atoms with Crippen LogP contribution in [-0.2, 0) is 6.54 Å². The van der Waals surface area contributed by atoms with Crippen LogP contribution in [-0.4, -0.2) is 43.1 Å². The lowest BCUT2D eigenvalue weighted by molar-refractivity contribution is 0.321. The van der Waals surface area contributed by atoms with E-state index in [2.05, 4.69) is 39.6 Å². The Labute approximate surface area is 148 Å². The van der Waals surface area contributed by atoms with Gasteiger partial charge in [-0.25, -0.2) is 0 Å². The minimum atomic E-state index is 0. The molecule has 1 atom stereocenters. The maximum absolute atomic E-state index is 4.34. The van der Waals surface area contributed by atoms with Crippen LogP contribution in [0.15, 0.2) is 17.1 Å². The molecule has 0 aromatic carbocycles. The fourth-order valence-electron chi connectivity index (χ4n) is 2.82. The van der Waals surface area contributed by atoms with Crippen LogP contribution in [0.4, 0.5) is 0 Å². The quantitative estimate of drug-likeness (QED) is 0.447. The number of halogens is 1. The number of aryl methyl sites for hydroxylation is 1. The first-order valence-electron chi connectivity index (χ1n) is 7.51. The highest BCUT2D eigenvalue weighted by Gasteiger charge is 2.34. The van der Waals surface area contributed by atoms with Crippen LogP contribution in [0.5, 0.6) is 0 Å². The van der Waals surface area contributed by atoms with Crippen molar-refractivity contribution in [2.24, 2.45) is 4.99 Å². The van der Waals surface area contributed by atoms with Crippen molar-refractivity contribution in [3.05, 3.63) is 21.9 Å². The van der Waals surface area contributed by atoms with Gasteiger partial charge in [-0.15, -0.1) is 35.3 Å². The van der Waals surface area contributed by atoms with Gasteiger partial charge in [0.25, 0.3) is 0 Å². The van der Waals surface area contributed by atoms with Crippen LogP contribution < -0.4 is 10.6 Å². The first-order chi connectivity index (χ1) is 9.74. The highest BCUT2D eigenvalue weighted by atomic mass is 127. The zero-order valence-corrected chi connectivity index (χ0v) is 15.9. The molecule has 1 aromatic rings. The molecule has 118 valence electrons. The summed E-state index contributed by atoms with van der Waals surface area (Å²) in [6.07, 6.45) is 4.03. The largest absolute Gasteiger partial charge is 0.352 e. The van der Waals surface area contributed by atoms with Crippen molar-refractivity contribution >= 4 is 41.3 Å². The summed E-state index contributed by atoms with van der Waals surface area (Å²) in [4.78, 5) is 9.68. The average Bonchev–Trinajstić information content (AvgIpc) is 3.06. The second kappa shape index (κ2) is 7.78. The molecule has 2 fully saturated rings. The summed E-state index contributed by atoms with van der Waals surface area (Å²) in [6.45, 7) is 5.41. The summed E-state index contributed by atoms with van der Waals surface area (Å²) in [5, 5.41) is 6.97. The molecule has 1 aliphatic carbocycles. The number of rotatable bonds is 4. The molecule has 1 saturated heterocycles. The van der Waals surface area contributed by atoms with Crippen LogP contribution in [0.2, 0.25) is 0 Å². The van der Waals surface area contributed by atoms with Crippen molar-refractivity contribution in [2.75, 3.05) is 20.1 Å². The molecular formula is C15H25IN4S. The number of aliphatic imine (C=N–C) groups is 1. The third kappa shape index (κ3) is 4.82. The van der Waals surface area contributed by atoms with Gasteiger partial charge in [-0.3, -0.25) is 9.89 Å². The maximum atomic E-state index is 4.34. The van der Waals surface area contributed by atoms with Crippen LogP contribution in [0.25, 0.3) is 0 Å². The van der Waals surface area contributed by atoms with Gasteiger partial charge in [0, 0.05) is 42.0 Å². The Hall–Kier alpha value is -0.340. The van der Waals surface area contributed by atoms with E-state index in [-0.39, 0.29) is 24.0 Å². The lowest BCUT2D eigenvalue weighted by Crippen LogP contribution is -2.44. The van der Waals surface area contributed by atoms with Crippen molar-refractivity contribution in [3.8, 4) is 0 Å². The summed E-state index contributed by atoms with van der Waals surface area (Å²) < 4.78 is 0. The summed E-state index contributed by atoms with van der Waals surface area (Å²) in [6, 6.07) is 5.78. The van der Waals surface area contributed by atoms with Crippen LogP contribution >= 0.6 is 35.3 Å². The second-order valence-corrected chi connectivity index (χ2v) is 7.17. The van der Waals surface area contributed by atoms with Crippen LogP contribution in [0, 0.1) is 6.92 Å². The van der Waals surface area contributed by atoms with Crippen molar-refractivity contribution in [2.45, 2.75) is 44.8 Å². The standard InChI is InChI=1S/C15H24N4S.HI/c1-11-3-6-14(20-11)9-17-15(16-2)18-12-7-8-19(10-12)13-4-5-13;/h3,6,12-13H,4-5,7-10H2,1-2H3,(H2,16,17,18);1H. The SMILES string of the molecule is CN=C(NCc1ccc(C)s1)NC1CCN(C2CC2)C1.I. The minimum absolute atomic E-state index is 0. The van der Waals surface area contributed by atoms with Crippen molar-refractivity contribution in [1.29, 1.82) is 0 Å². The van der Waals surface area contributed by atoms with Gasteiger partial charge in [0.15, 0.2) is 5.96 Å². The molecule has 1 unspecified atom stereocenters. The lowest BCUT2D eigenvalue weighted by Gasteiger charge is -2.18. The number of nitrogens with zero attached hydrogens (tertiary/aromatic N) is 2. The molecule has 2 heterocycles. The van der Waals surface area contributed by atoms with Crippen molar-refractivity contribution < 1.29 is 0 Å². The minimum Gasteiger partial charge on any atom is -0.352 e. The topological polar surface area (TPSA) is 39.7 Å². The van der Waals surface area contributed by atoms with E-state index in [0.717, 1.165) is 18.5 Å². The molecule has 21 heavy (non-hydrogen) atoms. The molecule has 2 aliphatic rings. The van der Waals surface area contributed by atoms with E-state index < -0.39 is 0 Å². The lowest BCUT2D eigenvalue weighted by atomic mass is 10.3. The summed E-state index contributed by atoms with van der Waals surface area (Å²) in [7, 11) is 1.85. The van der Waals surface area contributed by atoms with Gasteiger partial charge in [0.1, 0.15) is 0 Å². The van der Waals surface area contributed by atoms with Gasteiger partial charge >= 0.3 is 0 Å². The van der Waals surface area contributed by atoms with Gasteiger partial charge in [0.05, 0.1) is 6.54 Å². The molecule has 3 rings (SSSR count). The summed E-state index contributed by atoms with van der Waals surface area (Å²) in [5.41, 5.74) is 0. The Morgan fingerprint density at radius 2 is 2.19 bits per heavy atom. The molecule has 1 aliphatic heterocycles. The number of thiophene rings is 1. The van der Waals surface area contributed by atoms with E-state index in [1.807, 2.05) is 18.4 Å². The first kappa shape index (κ1) is 17.0. The first-order valence-corrected chi connectivity index (χ1v) is 8.33. The molecule has 2 N–H and O–H groups in total. The average molecular weight is 420 g/mol. The van der Waals surface area contributed by atoms with Gasteiger partial charge in [-0.1, -0.05) is 0 Å². The third-order valence-corrected chi connectivity index (χ3v) is 5.07. The van der Waals surface area contributed by atoms with E-state index in [0.29, 0.717) is 6.04 Å².